The van der Waals surface area contributed by atoms with Crippen LogP contribution in [-0.4, -0.2) is 48.3 Å². The molecule has 0 aromatic carbocycles. The highest BCUT2D eigenvalue weighted by Gasteiger charge is 2.39. The number of nitrogens with one attached hydrogen (secondary N) is 1. The third-order valence-electron chi connectivity index (χ3n) is 5.30. The van der Waals surface area contributed by atoms with Gasteiger partial charge in [0.1, 0.15) is 0 Å². The fraction of sp³-hybridized carbons (Fsp3) is 1.00. The van der Waals surface area contributed by atoms with Crippen LogP contribution in [0.4, 0.5) is 0 Å². The van der Waals surface area contributed by atoms with Crippen molar-refractivity contribution in [2.24, 2.45) is 0 Å². The van der Waals surface area contributed by atoms with Crippen molar-refractivity contribution in [3.8, 4) is 0 Å². The highest BCUT2D eigenvalue weighted by Crippen LogP contribution is 2.33. The van der Waals surface area contributed by atoms with Crippen molar-refractivity contribution < 1.29 is 4.74 Å². The van der Waals surface area contributed by atoms with E-state index in [-0.39, 0.29) is 5.60 Å². The summed E-state index contributed by atoms with van der Waals surface area (Å²) < 4.78 is 5.90. The molecule has 1 N–H and O–H groups in total. The zero-order valence-electron chi connectivity index (χ0n) is 12.7. The molecule has 3 rings (SSSR count). The predicted octanol–water partition coefficient (Wildman–Crippen LogP) is 2.55. The van der Waals surface area contributed by atoms with Gasteiger partial charge in [-0.2, -0.15) is 0 Å². The lowest BCUT2D eigenvalue weighted by Gasteiger charge is -2.48. The Balaban J connectivity index is 1.69. The zero-order chi connectivity index (χ0) is 13.3. The summed E-state index contributed by atoms with van der Waals surface area (Å²) in [5.41, 5.74) is 0.0774. The van der Waals surface area contributed by atoms with Crippen molar-refractivity contribution in [2.75, 3.05) is 19.7 Å². The van der Waals surface area contributed by atoms with E-state index in [1.54, 1.807) is 0 Å². The van der Waals surface area contributed by atoms with Crippen LogP contribution < -0.4 is 5.32 Å². The lowest BCUT2D eigenvalue weighted by atomic mass is 9.87. The Morgan fingerprint density at radius 1 is 1.11 bits per heavy atom. The van der Waals surface area contributed by atoms with Gasteiger partial charge >= 0.3 is 0 Å². The fourth-order valence-corrected chi connectivity index (χ4v) is 4.39. The average Bonchev–Trinajstić information content (AvgIpc) is 2.91. The fourth-order valence-electron chi connectivity index (χ4n) is 4.39. The zero-order valence-corrected chi connectivity index (χ0v) is 12.7. The first-order valence-corrected chi connectivity index (χ1v) is 8.29. The molecule has 0 amide bonds. The lowest BCUT2D eigenvalue weighted by Crippen LogP contribution is -2.57. The minimum atomic E-state index is 0.0774. The number of piperidine rings is 1. The number of ether oxygens (including phenoxy) is 1. The summed E-state index contributed by atoms with van der Waals surface area (Å²) >= 11 is 0. The molecule has 3 fully saturated rings. The highest BCUT2D eigenvalue weighted by atomic mass is 16.5. The summed E-state index contributed by atoms with van der Waals surface area (Å²) in [7, 11) is 0. The molecular formula is C16H30N2O. The summed E-state index contributed by atoms with van der Waals surface area (Å²) in [6, 6.07) is 2.29. The van der Waals surface area contributed by atoms with Gasteiger partial charge in [-0.1, -0.05) is 6.42 Å². The molecule has 0 radical (unpaired) electrons. The summed E-state index contributed by atoms with van der Waals surface area (Å²) in [6.07, 6.45) is 9.40. The van der Waals surface area contributed by atoms with Crippen LogP contribution in [0.1, 0.15) is 58.8 Å². The van der Waals surface area contributed by atoms with Crippen molar-refractivity contribution in [3.63, 3.8) is 0 Å². The molecule has 3 nitrogen and oxygen atoms in total. The van der Waals surface area contributed by atoms with Crippen molar-refractivity contribution in [1.82, 2.24) is 10.2 Å². The van der Waals surface area contributed by atoms with Crippen LogP contribution in [-0.2, 0) is 4.74 Å². The van der Waals surface area contributed by atoms with Gasteiger partial charge in [0, 0.05) is 24.7 Å². The van der Waals surface area contributed by atoms with Crippen LogP contribution in [0, 0.1) is 0 Å². The molecule has 0 aromatic rings. The largest absolute Gasteiger partial charge is 0.375 e. The van der Waals surface area contributed by atoms with E-state index in [2.05, 4.69) is 24.1 Å². The Labute approximate surface area is 118 Å². The standard InChI is InChI=1S/C16H30N2O/c1-16(2)12-13(8-11-19-16)18-10-4-3-7-15(18)14-6-5-9-17-14/h13-15,17H,3-12H2,1-2H3. The van der Waals surface area contributed by atoms with E-state index >= 15 is 0 Å². The van der Waals surface area contributed by atoms with Gasteiger partial charge in [-0.25, -0.2) is 0 Å². The SMILES string of the molecule is CC1(C)CC(N2CCCCC2C2CCCN2)CCO1. The monoisotopic (exact) mass is 266 g/mol. The van der Waals surface area contributed by atoms with E-state index in [1.807, 2.05) is 0 Å². The Morgan fingerprint density at radius 3 is 2.74 bits per heavy atom. The van der Waals surface area contributed by atoms with Gasteiger partial charge in [0.05, 0.1) is 5.60 Å². The molecule has 19 heavy (non-hydrogen) atoms. The maximum atomic E-state index is 5.90. The third-order valence-corrected chi connectivity index (χ3v) is 5.30. The smallest absolute Gasteiger partial charge is 0.0641 e. The predicted molar refractivity (Wildman–Crippen MR) is 78.4 cm³/mol. The molecule has 3 aliphatic rings. The van der Waals surface area contributed by atoms with Crippen LogP contribution >= 0.6 is 0 Å². The van der Waals surface area contributed by atoms with E-state index in [1.165, 1.54) is 58.0 Å². The summed E-state index contributed by atoms with van der Waals surface area (Å²) in [5.74, 6) is 0. The van der Waals surface area contributed by atoms with Crippen LogP contribution in [0.15, 0.2) is 0 Å². The van der Waals surface area contributed by atoms with E-state index in [0.717, 1.165) is 24.7 Å². The lowest BCUT2D eigenvalue weighted by molar-refractivity contribution is -0.0949. The summed E-state index contributed by atoms with van der Waals surface area (Å²) in [4.78, 5) is 2.84. The number of hydrogen-bond donors (Lipinski definition) is 1. The Kier molecular flexibility index (Phi) is 4.16. The van der Waals surface area contributed by atoms with Gasteiger partial charge in [0.15, 0.2) is 0 Å². The molecule has 3 heterocycles. The van der Waals surface area contributed by atoms with Crippen molar-refractivity contribution in [3.05, 3.63) is 0 Å². The van der Waals surface area contributed by atoms with Crippen LogP contribution in [0.5, 0.6) is 0 Å². The summed E-state index contributed by atoms with van der Waals surface area (Å²) in [6.45, 7) is 7.99. The minimum Gasteiger partial charge on any atom is -0.375 e. The van der Waals surface area contributed by atoms with Crippen LogP contribution in [0.3, 0.4) is 0 Å². The number of likely N-dealkylation sites (tertiary alicyclic amines) is 1. The second-order valence-corrected chi connectivity index (χ2v) is 7.26. The molecule has 3 heteroatoms. The Morgan fingerprint density at radius 2 is 2.00 bits per heavy atom. The number of nitrogens with zero attached hydrogens (tertiary/aromatic N) is 1. The van der Waals surface area contributed by atoms with Crippen molar-refractivity contribution >= 4 is 0 Å². The van der Waals surface area contributed by atoms with Crippen molar-refractivity contribution in [2.45, 2.75) is 82.5 Å². The first-order valence-electron chi connectivity index (χ1n) is 8.29. The van der Waals surface area contributed by atoms with E-state index < -0.39 is 0 Å². The van der Waals surface area contributed by atoms with Gasteiger partial charge in [0.2, 0.25) is 0 Å². The molecule has 3 saturated heterocycles. The summed E-state index contributed by atoms with van der Waals surface area (Å²) in [5, 5.41) is 3.74. The quantitative estimate of drug-likeness (QED) is 0.831. The molecule has 3 aliphatic heterocycles. The molecule has 0 aromatic heterocycles. The first-order chi connectivity index (χ1) is 9.16. The minimum absolute atomic E-state index is 0.0774. The molecule has 110 valence electrons. The third kappa shape index (κ3) is 3.14. The number of rotatable bonds is 2. The molecular weight excluding hydrogens is 236 g/mol. The first kappa shape index (κ1) is 13.8. The Bertz CT molecular complexity index is 299. The Hall–Kier alpha value is -0.120. The van der Waals surface area contributed by atoms with Crippen LogP contribution in [0.2, 0.25) is 0 Å². The maximum absolute atomic E-state index is 5.90. The normalized spacial score (nSPS) is 40.4. The van der Waals surface area contributed by atoms with E-state index in [4.69, 9.17) is 4.74 Å². The average molecular weight is 266 g/mol. The molecule has 0 aliphatic carbocycles. The molecule has 3 atom stereocenters. The van der Waals surface area contributed by atoms with E-state index in [0.29, 0.717) is 0 Å². The molecule has 0 spiro atoms. The van der Waals surface area contributed by atoms with Gasteiger partial charge in [-0.3, -0.25) is 4.90 Å². The molecule has 0 bridgehead atoms. The van der Waals surface area contributed by atoms with Crippen LogP contribution in [0.25, 0.3) is 0 Å². The van der Waals surface area contributed by atoms with Crippen molar-refractivity contribution in [1.29, 1.82) is 0 Å². The second kappa shape index (κ2) is 5.71. The van der Waals surface area contributed by atoms with Gasteiger partial charge < -0.3 is 10.1 Å². The maximum Gasteiger partial charge on any atom is 0.0641 e. The second-order valence-electron chi connectivity index (χ2n) is 7.26. The number of hydrogen-bond acceptors (Lipinski definition) is 3. The molecule has 3 unspecified atom stereocenters. The van der Waals surface area contributed by atoms with E-state index in [9.17, 15) is 0 Å². The molecule has 0 saturated carbocycles. The topological polar surface area (TPSA) is 24.5 Å². The van der Waals surface area contributed by atoms with Gasteiger partial charge in [-0.05, 0) is 65.5 Å². The van der Waals surface area contributed by atoms with Gasteiger partial charge in [0.25, 0.3) is 0 Å². The van der Waals surface area contributed by atoms with Gasteiger partial charge in [-0.15, -0.1) is 0 Å². The highest BCUT2D eigenvalue weighted by molar-refractivity contribution is 4.95.